The summed E-state index contributed by atoms with van der Waals surface area (Å²) < 4.78 is 23.4. The van der Waals surface area contributed by atoms with Crippen LogP contribution in [0.5, 0.6) is 5.75 Å². The number of hydrogen-bond donors (Lipinski definition) is 1. The predicted octanol–water partition coefficient (Wildman–Crippen LogP) is 3.75. The molecule has 1 unspecified atom stereocenters. The molecule has 0 saturated heterocycles. The molecule has 0 saturated carbocycles. The molecule has 0 fully saturated rings. The number of nitrogens with zero attached hydrogens (tertiary/aromatic N) is 2. The summed E-state index contributed by atoms with van der Waals surface area (Å²) in [5, 5.41) is 11.0. The Morgan fingerprint density at radius 2 is 1.79 bits per heavy atom. The summed E-state index contributed by atoms with van der Waals surface area (Å²) in [4.78, 5) is 24.3. The van der Waals surface area contributed by atoms with Crippen LogP contribution in [-0.2, 0) is 16.1 Å². The van der Waals surface area contributed by atoms with Gasteiger partial charge in [-0.1, -0.05) is 29.0 Å². The molecular formula is C20H18FN3O4S. The third kappa shape index (κ3) is 5.82. The van der Waals surface area contributed by atoms with E-state index in [1.54, 1.807) is 12.1 Å². The SMILES string of the molecule is Cc1ccc(NC(=O)c2nnc(COC(=O)C(C)Oc3ccc(F)cc3)s2)cc1. The van der Waals surface area contributed by atoms with E-state index in [0.29, 0.717) is 16.4 Å². The van der Waals surface area contributed by atoms with Crippen LogP contribution in [0, 0.1) is 12.7 Å². The van der Waals surface area contributed by atoms with Gasteiger partial charge in [-0.2, -0.15) is 0 Å². The third-order valence-electron chi connectivity index (χ3n) is 3.77. The van der Waals surface area contributed by atoms with Gasteiger partial charge in [0.15, 0.2) is 11.1 Å². The first-order valence-electron chi connectivity index (χ1n) is 8.70. The second kappa shape index (κ2) is 9.24. The molecule has 1 heterocycles. The molecule has 29 heavy (non-hydrogen) atoms. The van der Waals surface area contributed by atoms with Gasteiger partial charge in [-0.3, -0.25) is 4.79 Å². The minimum Gasteiger partial charge on any atom is -0.479 e. The van der Waals surface area contributed by atoms with E-state index in [1.807, 2.05) is 19.1 Å². The number of benzene rings is 2. The van der Waals surface area contributed by atoms with Crippen molar-refractivity contribution in [1.82, 2.24) is 10.2 Å². The number of esters is 1. The molecule has 0 aliphatic heterocycles. The smallest absolute Gasteiger partial charge is 0.347 e. The number of rotatable bonds is 7. The first kappa shape index (κ1) is 20.4. The maximum Gasteiger partial charge on any atom is 0.347 e. The van der Waals surface area contributed by atoms with Gasteiger partial charge in [0.05, 0.1) is 0 Å². The zero-order valence-corrected chi connectivity index (χ0v) is 16.5. The molecule has 3 rings (SSSR count). The van der Waals surface area contributed by atoms with Crippen molar-refractivity contribution in [3.8, 4) is 5.75 Å². The minimum atomic E-state index is -0.891. The Hall–Kier alpha value is -3.33. The van der Waals surface area contributed by atoms with E-state index < -0.39 is 23.8 Å². The van der Waals surface area contributed by atoms with Crippen LogP contribution in [0.25, 0.3) is 0 Å². The summed E-state index contributed by atoms with van der Waals surface area (Å²) in [7, 11) is 0. The summed E-state index contributed by atoms with van der Waals surface area (Å²) in [5.74, 6) is -1.06. The van der Waals surface area contributed by atoms with Crippen molar-refractivity contribution in [2.45, 2.75) is 26.6 Å². The Morgan fingerprint density at radius 1 is 1.10 bits per heavy atom. The fraction of sp³-hybridized carbons (Fsp3) is 0.200. The number of amides is 1. The number of nitrogens with one attached hydrogen (secondary N) is 1. The Morgan fingerprint density at radius 3 is 2.48 bits per heavy atom. The fourth-order valence-electron chi connectivity index (χ4n) is 2.24. The average molecular weight is 415 g/mol. The van der Waals surface area contributed by atoms with Gasteiger partial charge >= 0.3 is 5.97 Å². The van der Waals surface area contributed by atoms with Crippen LogP contribution in [0.4, 0.5) is 10.1 Å². The molecule has 150 valence electrons. The van der Waals surface area contributed by atoms with Crippen LogP contribution in [0.2, 0.25) is 0 Å². The van der Waals surface area contributed by atoms with Crippen molar-refractivity contribution in [3.05, 3.63) is 69.9 Å². The van der Waals surface area contributed by atoms with Crippen molar-refractivity contribution < 1.29 is 23.5 Å². The summed E-state index contributed by atoms with van der Waals surface area (Å²) in [6, 6.07) is 12.7. The van der Waals surface area contributed by atoms with Gasteiger partial charge in [-0.15, -0.1) is 10.2 Å². The monoisotopic (exact) mass is 415 g/mol. The highest BCUT2D eigenvalue weighted by Crippen LogP contribution is 2.16. The van der Waals surface area contributed by atoms with E-state index in [2.05, 4.69) is 15.5 Å². The van der Waals surface area contributed by atoms with Gasteiger partial charge in [0.2, 0.25) is 5.01 Å². The third-order valence-corrected chi connectivity index (χ3v) is 4.66. The molecule has 1 N–H and O–H groups in total. The molecule has 7 nitrogen and oxygen atoms in total. The highest BCUT2D eigenvalue weighted by atomic mass is 32.1. The average Bonchev–Trinajstić information content (AvgIpc) is 3.19. The van der Waals surface area contributed by atoms with E-state index in [0.717, 1.165) is 16.9 Å². The molecule has 0 aliphatic rings. The van der Waals surface area contributed by atoms with Gasteiger partial charge in [0.25, 0.3) is 5.91 Å². The van der Waals surface area contributed by atoms with Crippen molar-refractivity contribution in [3.63, 3.8) is 0 Å². The van der Waals surface area contributed by atoms with Gasteiger partial charge in [-0.25, -0.2) is 9.18 Å². The molecule has 0 spiro atoms. The molecule has 3 aromatic rings. The van der Waals surface area contributed by atoms with Crippen molar-refractivity contribution in [1.29, 1.82) is 0 Å². The molecular weight excluding hydrogens is 397 g/mol. The first-order valence-corrected chi connectivity index (χ1v) is 9.51. The van der Waals surface area contributed by atoms with Crippen LogP contribution in [0.1, 0.15) is 27.3 Å². The molecule has 1 aromatic heterocycles. The normalized spacial score (nSPS) is 11.6. The van der Waals surface area contributed by atoms with Gasteiger partial charge in [0, 0.05) is 5.69 Å². The Balaban J connectivity index is 1.50. The highest BCUT2D eigenvalue weighted by molar-refractivity contribution is 7.13. The molecule has 9 heteroatoms. The summed E-state index contributed by atoms with van der Waals surface area (Å²) in [5.41, 5.74) is 1.73. The lowest BCUT2D eigenvalue weighted by Gasteiger charge is -2.13. The maximum absolute atomic E-state index is 12.9. The second-order valence-electron chi connectivity index (χ2n) is 6.14. The van der Waals surface area contributed by atoms with E-state index >= 15 is 0 Å². The molecule has 0 aliphatic carbocycles. The van der Waals surface area contributed by atoms with Crippen molar-refractivity contribution in [2.75, 3.05) is 5.32 Å². The van der Waals surface area contributed by atoms with Crippen LogP contribution in [-0.4, -0.2) is 28.2 Å². The van der Waals surface area contributed by atoms with Crippen molar-refractivity contribution >= 4 is 28.9 Å². The largest absolute Gasteiger partial charge is 0.479 e. The summed E-state index contributed by atoms with van der Waals surface area (Å²) in [6.07, 6.45) is -0.891. The fourth-order valence-corrected chi connectivity index (χ4v) is 2.89. The highest BCUT2D eigenvalue weighted by Gasteiger charge is 2.19. The van der Waals surface area contributed by atoms with E-state index in [4.69, 9.17) is 9.47 Å². The number of hydrogen-bond acceptors (Lipinski definition) is 7. The molecule has 0 bridgehead atoms. The standard InChI is InChI=1S/C20H18FN3O4S/c1-12-3-7-15(8-4-12)22-18(25)19-24-23-17(29-19)11-27-20(26)13(2)28-16-9-5-14(21)6-10-16/h3-10,13H,11H2,1-2H3,(H,22,25). The first-order chi connectivity index (χ1) is 13.9. The summed E-state index contributed by atoms with van der Waals surface area (Å²) >= 11 is 1.03. The molecule has 2 aromatic carbocycles. The number of anilines is 1. The number of aryl methyl sites for hydroxylation is 1. The number of aromatic nitrogens is 2. The Kier molecular flexibility index (Phi) is 6.50. The minimum absolute atomic E-state index is 0.134. The lowest BCUT2D eigenvalue weighted by molar-refractivity contribution is -0.152. The number of carbonyl (C=O) groups excluding carboxylic acids is 2. The van der Waals surface area contributed by atoms with Crippen LogP contribution < -0.4 is 10.1 Å². The van der Waals surface area contributed by atoms with Crippen LogP contribution in [0.3, 0.4) is 0 Å². The molecule has 1 atom stereocenters. The Bertz CT molecular complexity index is 990. The molecule has 1 amide bonds. The van der Waals surface area contributed by atoms with Gasteiger partial charge < -0.3 is 14.8 Å². The van der Waals surface area contributed by atoms with Crippen LogP contribution >= 0.6 is 11.3 Å². The number of carbonyl (C=O) groups is 2. The van der Waals surface area contributed by atoms with E-state index in [-0.39, 0.29) is 11.6 Å². The maximum atomic E-state index is 12.9. The molecule has 0 radical (unpaired) electrons. The topological polar surface area (TPSA) is 90.4 Å². The number of ether oxygens (including phenoxy) is 2. The quantitative estimate of drug-likeness (QED) is 0.591. The van der Waals surface area contributed by atoms with Gasteiger partial charge in [-0.05, 0) is 50.2 Å². The lowest BCUT2D eigenvalue weighted by Crippen LogP contribution is -2.26. The Labute approximate surface area is 170 Å². The lowest BCUT2D eigenvalue weighted by atomic mass is 10.2. The van der Waals surface area contributed by atoms with E-state index in [9.17, 15) is 14.0 Å². The van der Waals surface area contributed by atoms with Gasteiger partial charge in [0.1, 0.15) is 18.2 Å². The summed E-state index contributed by atoms with van der Waals surface area (Å²) in [6.45, 7) is 3.34. The number of halogens is 1. The zero-order chi connectivity index (χ0) is 20.8. The predicted molar refractivity (Wildman–Crippen MR) is 105 cm³/mol. The van der Waals surface area contributed by atoms with E-state index in [1.165, 1.54) is 31.2 Å². The van der Waals surface area contributed by atoms with Crippen molar-refractivity contribution in [2.24, 2.45) is 0 Å². The second-order valence-corrected chi connectivity index (χ2v) is 7.20. The van der Waals surface area contributed by atoms with Crippen LogP contribution in [0.15, 0.2) is 48.5 Å². The zero-order valence-electron chi connectivity index (χ0n) is 15.7.